The number of hydrogen-bond donors (Lipinski definition) is 3. The Hall–Kier alpha value is -1.07. The molecule has 2 aliphatic heterocycles. The molecule has 0 saturated carbocycles. The molecule has 1 atom stereocenters. The summed E-state index contributed by atoms with van der Waals surface area (Å²) in [5, 5.41) is 9.72. The molecule has 1 aromatic rings. The Bertz CT molecular complexity index is 469. The van der Waals surface area contributed by atoms with E-state index < -0.39 is 0 Å². The molecule has 3 rings (SSSR count). The van der Waals surface area contributed by atoms with Crippen LogP contribution < -0.4 is 16.0 Å². The molecule has 4 nitrogen and oxygen atoms in total. The molecule has 2 aliphatic rings. The van der Waals surface area contributed by atoms with Crippen molar-refractivity contribution in [2.24, 2.45) is 0 Å². The number of anilines is 1. The molecule has 0 aliphatic carbocycles. The Morgan fingerprint density at radius 1 is 1.29 bits per heavy atom. The van der Waals surface area contributed by atoms with Crippen molar-refractivity contribution < 1.29 is 4.79 Å². The molecule has 0 bridgehead atoms. The molecule has 1 aromatic carbocycles. The van der Waals surface area contributed by atoms with Crippen LogP contribution in [0.3, 0.4) is 0 Å². The van der Waals surface area contributed by atoms with E-state index in [1.54, 1.807) is 0 Å². The van der Waals surface area contributed by atoms with E-state index in [4.69, 9.17) is 0 Å². The zero-order chi connectivity index (χ0) is 11.9. The van der Waals surface area contributed by atoms with Crippen LogP contribution in [0.25, 0.3) is 0 Å². The molecule has 1 fully saturated rings. The quantitative estimate of drug-likeness (QED) is 0.680. The number of halogens is 1. The van der Waals surface area contributed by atoms with Gasteiger partial charge >= 0.3 is 0 Å². The second-order valence-electron chi connectivity index (χ2n) is 4.40. The summed E-state index contributed by atoms with van der Waals surface area (Å²) in [4.78, 5) is 12.1. The van der Waals surface area contributed by atoms with Gasteiger partial charge in [0.15, 0.2) is 0 Å². The lowest BCUT2D eigenvalue weighted by Crippen LogP contribution is -2.62. The number of benzene rings is 1. The third-order valence-corrected chi connectivity index (χ3v) is 3.70. The number of hydrogen-bond acceptors (Lipinski definition) is 3. The van der Waals surface area contributed by atoms with Gasteiger partial charge < -0.3 is 16.0 Å². The van der Waals surface area contributed by atoms with Crippen LogP contribution in [-0.4, -0.2) is 24.7 Å². The first-order chi connectivity index (χ1) is 8.19. The first kappa shape index (κ1) is 11.0. The zero-order valence-corrected chi connectivity index (χ0v) is 10.8. The highest BCUT2D eigenvalue weighted by Gasteiger charge is 2.38. The van der Waals surface area contributed by atoms with Crippen molar-refractivity contribution >= 4 is 27.5 Å². The van der Waals surface area contributed by atoms with Gasteiger partial charge in [0, 0.05) is 29.5 Å². The van der Waals surface area contributed by atoms with Crippen LogP contribution in [0.5, 0.6) is 0 Å². The van der Waals surface area contributed by atoms with Crippen LogP contribution in [0.2, 0.25) is 0 Å². The molecular weight excluding hydrogens is 282 g/mol. The first-order valence-electron chi connectivity index (χ1n) is 5.64. The highest BCUT2D eigenvalue weighted by molar-refractivity contribution is 9.10. The van der Waals surface area contributed by atoms with Gasteiger partial charge in [-0.1, -0.05) is 15.9 Å². The van der Waals surface area contributed by atoms with E-state index in [0.717, 1.165) is 29.7 Å². The van der Waals surface area contributed by atoms with Crippen LogP contribution in [-0.2, 0) is 0 Å². The minimum Gasteiger partial charge on any atom is -0.362 e. The Morgan fingerprint density at radius 2 is 2.18 bits per heavy atom. The number of carbonyl (C=O) groups excluding carboxylic acids is 1. The lowest BCUT2D eigenvalue weighted by Gasteiger charge is -2.43. The normalized spacial score (nSPS) is 21.6. The highest BCUT2D eigenvalue weighted by Crippen LogP contribution is 2.30. The summed E-state index contributed by atoms with van der Waals surface area (Å²) in [5.41, 5.74) is 1.20. The summed E-state index contributed by atoms with van der Waals surface area (Å²) in [5.74, 6) is -0.0156. The van der Waals surface area contributed by atoms with Crippen LogP contribution >= 0.6 is 15.9 Å². The van der Waals surface area contributed by atoms with E-state index in [2.05, 4.69) is 38.3 Å². The zero-order valence-electron chi connectivity index (χ0n) is 9.22. The van der Waals surface area contributed by atoms with Crippen LogP contribution in [0.1, 0.15) is 16.8 Å². The largest absolute Gasteiger partial charge is 0.362 e. The molecule has 5 heteroatoms. The fraction of sp³-hybridized carbons (Fsp3) is 0.333. The van der Waals surface area contributed by atoms with Crippen molar-refractivity contribution in [3.8, 4) is 0 Å². The molecule has 0 aromatic heterocycles. The minimum absolute atomic E-state index is 0.0156. The standard InChI is InChI=1S/C12H13BrN3O/c13-8-1-2-10-9(7-8)11(17)16-12(15-10)3-5-14-6-4-12/h1-3,7,14-15H,4-6H2,(H,16,17). The Labute approximate surface area is 108 Å². The van der Waals surface area contributed by atoms with Crippen LogP contribution in [0.15, 0.2) is 22.7 Å². The number of rotatable bonds is 0. The van der Waals surface area contributed by atoms with Crippen molar-refractivity contribution in [2.45, 2.75) is 12.1 Å². The van der Waals surface area contributed by atoms with Gasteiger partial charge in [-0.25, -0.2) is 0 Å². The fourth-order valence-electron chi connectivity index (χ4n) is 2.32. The average molecular weight is 295 g/mol. The predicted octanol–water partition coefficient (Wildman–Crippen LogP) is 1.50. The number of nitrogens with one attached hydrogen (secondary N) is 3. The first-order valence-corrected chi connectivity index (χ1v) is 6.43. The van der Waals surface area contributed by atoms with Crippen LogP contribution in [0.4, 0.5) is 5.69 Å². The molecule has 1 spiro atoms. The van der Waals surface area contributed by atoms with Gasteiger partial charge in [0.2, 0.25) is 0 Å². The van der Waals surface area contributed by atoms with Crippen molar-refractivity contribution in [3.63, 3.8) is 0 Å². The van der Waals surface area contributed by atoms with Crippen molar-refractivity contribution in [3.05, 3.63) is 34.7 Å². The molecule has 1 radical (unpaired) electrons. The van der Waals surface area contributed by atoms with Crippen LogP contribution in [0, 0.1) is 6.42 Å². The van der Waals surface area contributed by atoms with E-state index in [1.807, 2.05) is 18.2 Å². The maximum absolute atomic E-state index is 12.1. The molecule has 17 heavy (non-hydrogen) atoms. The van der Waals surface area contributed by atoms with E-state index in [1.165, 1.54) is 0 Å². The summed E-state index contributed by atoms with van der Waals surface area (Å²) in [6.45, 7) is 1.70. The molecule has 1 amide bonds. The van der Waals surface area contributed by atoms with E-state index in [-0.39, 0.29) is 11.6 Å². The molecule has 2 heterocycles. The molecule has 1 unspecified atom stereocenters. The van der Waals surface area contributed by atoms with Gasteiger partial charge in [-0.05, 0) is 24.7 Å². The number of piperidine rings is 1. The molecule has 3 N–H and O–H groups in total. The van der Waals surface area contributed by atoms with Crippen molar-refractivity contribution in [1.29, 1.82) is 0 Å². The van der Waals surface area contributed by atoms with Gasteiger partial charge in [-0.2, -0.15) is 0 Å². The van der Waals surface area contributed by atoms with Gasteiger partial charge in [0.05, 0.1) is 5.56 Å². The summed E-state index contributed by atoms with van der Waals surface area (Å²) in [6.07, 6.45) is 2.94. The van der Waals surface area contributed by atoms with E-state index in [0.29, 0.717) is 5.56 Å². The van der Waals surface area contributed by atoms with E-state index in [9.17, 15) is 4.79 Å². The van der Waals surface area contributed by atoms with Gasteiger partial charge in [-0.15, -0.1) is 0 Å². The maximum atomic E-state index is 12.1. The maximum Gasteiger partial charge on any atom is 0.255 e. The lowest BCUT2D eigenvalue weighted by molar-refractivity contribution is 0.0903. The number of carbonyl (C=O) groups is 1. The van der Waals surface area contributed by atoms with E-state index >= 15 is 0 Å². The predicted molar refractivity (Wildman–Crippen MR) is 69.7 cm³/mol. The fourth-order valence-corrected chi connectivity index (χ4v) is 2.68. The van der Waals surface area contributed by atoms with Gasteiger partial charge in [0.25, 0.3) is 5.91 Å². The number of amides is 1. The summed E-state index contributed by atoms with van der Waals surface area (Å²) in [7, 11) is 0. The molecule has 1 saturated heterocycles. The third-order valence-electron chi connectivity index (χ3n) is 3.21. The topological polar surface area (TPSA) is 53.2 Å². The summed E-state index contributed by atoms with van der Waals surface area (Å²) < 4.78 is 0.915. The highest BCUT2D eigenvalue weighted by atomic mass is 79.9. The summed E-state index contributed by atoms with van der Waals surface area (Å²) in [6, 6.07) is 5.72. The smallest absolute Gasteiger partial charge is 0.255 e. The summed E-state index contributed by atoms with van der Waals surface area (Å²) >= 11 is 3.38. The Kier molecular flexibility index (Phi) is 2.60. The van der Waals surface area contributed by atoms with Gasteiger partial charge in [-0.3, -0.25) is 4.79 Å². The minimum atomic E-state index is -0.386. The van der Waals surface area contributed by atoms with Crippen molar-refractivity contribution in [1.82, 2.24) is 10.6 Å². The molecular formula is C12H13BrN3O. The Balaban J connectivity index is 1.97. The molecule has 89 valence electrons. The van der Waals surface area contributed by atoms with Crippen molar-refractivity contribution in [2.75, 3.05) is 18.4 Å². The third kappa shape index (κ3) is 1.93. The Morgan fingerprint density at radius 3 is 2.94 bits per heavy atom. The second-order valence-corrected chi connectivity index (χ2v) is 5.31. The average Bonchev–Trinajstić information content (AvgIpc) is 2.31. The SMILES string of the molecule is O=C1NC2([CH]CNCC2)Nc2ccc(Br)cc21. The lowest BCUT2D eigenvalue weighted by atomic mass is 9.93. The number of fused-ring (bicyclic) bond motifs is 1. The second kappa shape index (κ2) is 3.99. The van der Waals surface area contributed by atoms with Gasteiger partial charge in [0.1, 0.15) is 5.66 Å². The monoisotopic (exact) mass is 294 g/mol.